The third-order valence-electron chi connectivity index (χ3n) is 4.97. The summed E-state index contributed by atoms with van der Waals surface area (Å²) in [5, 5.41) is 2.76. The molecule has 0 fully saturated rings. The molecule has 6 nitrogen and oxygen atoms in total. The molecule has 0 saturated heterocycles. The number of nitrogens with one attached hydrogen (secondary N) is 1. The Morgan fingerprint density at radius 3 is 2.37 bits per heavy atom. The van der Waals surface area contributed by atoms with Crippen molar-refractivity contribution in [1.82, 2.24) is 4.31 Å². The van der Waals surface area contributed by atoms with Gasteiger partial charge in [-0.3, -0.25) is 4.79 Å². The maximum Gasteiger partial charge on any atom is 0.246 e. The average Bonchev–Trinajstić information content (AvgIpc) is 2.72. The predicted molar refractivity (Wildman–Crippen MR) is 121 cm³/mol. The zero-order chi connectivity index (χ0) is 22.3. The second kappa shape index (κ2) is 10.6. The molecule has 0 aliphatic heterocycles. The topological polar surface area (TPSA) is 75.7 Å². The van der Waals surface area contributed by atoms with Crippen molar-refractivity contribution < 1.29 is 17.9 Å². The molecule has 0 radical (unpaired) electrons. The van der Waals surface area contributed by atoms with Gasteiger partial charge in [0.15, 0.2) is 0 Å². The molecule has 2 aromatic rings. The standard InChI is InChI=1S/C23H32N2O4S/c1-6-7-8-18-9-12-20(13-10-18)24-23(26)16-25(4)30(27,28)22-15-19(17(2)3)11-14-21(22)29-5/h9-15,17H,6-8,16H2,1-5H3,(H,24,26). The number of hydrogen-bond donors (Lipinski definition) is 1. The summed E-state index contributed by atoms with van der Waals surface area (Å²) in [5.74, 6) is 0.0226. The number of aryl methyl sites for hydroxylation is 1. The number of unbranched alkanes of at least 4 members (excludes halogenated alkanes) is 1. The Morgan fingerprint density at radius 1 is 1.13 bits per heavy atom. The molecular formula is C23H32N2O4S. The second-order valence-electron chi connectivity index (χ2n) is 7.67. The SMILES string of the molecule is CCCCc1ccc(NC(=O)CN(C)S(=O)(=O)c2cc(C(C)C)ccc2OC)cc1. The van der Waals surface area contributed by atoms with Crippen LogP contribution < -0.4 is 10.1 Å². The molecule has 2 rings (SSSR count). The third-order valence-corrected chi connectivity index (χ3v) is 6.79. The van der Waals surface area contributed by atoms with E-state index in [2.05, 4.69) is 12.2 Å². The van der Waals surface area contributed by atoms with Gasteiger partial charge in [0.05, 0.1) is 13.7 Å². The van der Waals surface area contributed by atoms with Crippen LogP contribution in [0.2, 0.25) is 0 Å². The Morgan fingerprint density at radius 2 is 1.80 bits per heavy atom. The summed E-state index contributed by atoms with van der Waals surface area (Å²) in [4.78, 5) is 12.5. The lowest BCUT2D eigenvalue weighted by Gasteiger charge is -2.20. The normalized spacial score (nSPS) is 11.7. The summed E-state index contributed by atoms with van der Waals surface area (Å²) in [6, 6.07) is 12.7. The predicted octanol–water partition coefficient (Wildman–Crippen LogP) is 4.42. The van der Waals surface area contributed by atoms with E-state index in [1.54, 1.807) is 12.1 Å². The quantitative estimate of drug-likeness (QED) is 0.603. The number of anilines is 1. The first-order chi connectivity index (χ1) is 14.2. The Hall–Kier alpha value is -2.38. The minimum Gasteiger partial charge on any atom is -0.495 e. The van der Waals surface area contributed by atoms with Gasteiger partial charge in [-0.1, -0.05) is 45.4 Å². The van der Waals surface area contributed by atoms with E-state index in [9.17, 15) is 13.2 Å². The molecule has 0 atom stereocenters. The van der Waals surface area contributed by atoms with Crippen LogP contribution in [0.4, 0.5) is 5.69 Å². The third kappa shape index (κ3) is 6.06. The van der Waals surface area contributed by atoms with Crippen molar-refractivity contribution in [2.24, 2.45) is 0 Å². The average molecular weight is 433 g/mol. The molecule has 2 aromatic carbocycles. The summed E-state index contributed by atoms with van der Waals surface area (Å²) in [7, 11) is -1.07. The van der Waals surface area contributed by atoms with E-state index in [-0.39, 0.29) is 23.1 Å². The Balaban J connectivity index is 2.11. The summed E-state index contributed by atoms with van der Waals surface area (Å²) in [6.07, 6.45) is 3.25. The Bertz CT molecular complexity index is 954. The molecule has 0 aromatic heterocycles. The number of hydrogen-bond acceptors (Lipinski definition) is 4. The highest BCUT2D eigenvalue weighted by Gasteiger charge is 2.27. The van der Waals surface area contributed by atoms with Crippen molar-refractivity contribution >= 4 is 21.6 Å². The number of nitrogens with zero attached hydrogens (tertiary/aromatic N) is 1. The first-order valence-electron chi connectivity index (χ1n) is 10.2. The number of amides is 1. The van der Waals surface area contributed by atoms with Crippen LogP contribution in [0.5, 0.6) is 5.75 Å². The van der Waals surface area contributed by atoms with Gasteiger partial charge in [-0.05, 0) is 54.2 Å². The highest BCUT2D eigenvalue weighted by molar-refractivity contribution is 7.89. The highest BCUT2D eigenvalue weighted by atomic mass is 32.2. The molecule has 0 aliphatic carbocycles. The van der Waals surface area contributed by atoms with E-state index >= 15 is 0 Å². The van der Waals surface area contributed by atoms with Crippen LogP contribution in [-0.4, -0.2) is 39.3 Å². The molecular weight excluding hydrogens is 400 g/mol. The zero-order valence-electron chi connectivity index (χ0n) is 18.4. The van der Waals surface area contributed by atoms with E-state index in [1.807, 2.05) is 44.2 Å². The number of benzene rings is 2. The van der Waals surface area contributed by atoms with Crippen LogP contribution in [0.15, 0.2) is 47.4 Å². The lowest BCUT2D eigenvalue weighted by atomic mass is 10.0. The highest BCUT2D eigenvalue weighted by Crippen LogP contribution is 2.29. The number of ether oxygens (including phenoxy) is 1. The monoisotopic (exact) mass is 432 g/mol. The Labute approximate surface area is 180 Å². The first kappa shape index (κ1) is 23.9. The molecule has 0 heterocycles. The zero-order valence-corrected chi connectivity index (χ0v) is 19.3. The van der Waals surface area contributed by atoms with Crippen molar-refractivity contribution in [3.8, 4) is 5.75 Å². The van der Waals surface area contributed by atoms with Gasteiger partial charge >= 0.3 is 0 Å². The van der Waals surface area contributed by atoms with Crippen molar-refractivity contribution in [2.45, 2.75) is 50.8 Å². The molecule has 7 heteroatoms. The maximum atomic E-state index is 13.1. The van der Waals surface area contributed by atoms with Crippen molar-refractivity contribution in [2.75, 3.05) is 26.0 Å². The fraction of sp³-hybridized carbons (Fsp3) is 0.435. The summed E-state index contributed by atoms with van der Waals surface area (Å²) in [6.45, 7) is 5.83. The second-order valence-corrected chi connectivity index (χ2v) is 9.69. The molecule has 1 amide bonds. The first-order valence-corrected chi connectivity index (χ1v) is 11.7. The number of rotatable bonds is 10. The maximum absolute atomic E-state index is 13.1. The largest absolute Gasteiger partial charge is 0.495 e. The summed E-state index contributed by atoms with van der Waals surface area (Å²) in [5.41, 5.74) is 2.74. The van der Waals surface area contributed by atoms with Gasteiger partial charge in [-0.15, -0.1) is 0 Å². The molecule has 164 valence electrons. The van der Waals surface area contributed by atoms with E-state index in [0.29, 0.717) is 5.69 Å². The minimum absolute atomic E-state index is 0.0618. The molecule has 0 spiro atoms. The van der Waals surface area contributed by atoms with Gasteiger partial charge in [-0.25, -0.2) is 8.42 Å². The van der Waals surface area contributed by atoms with Gasteiger partial charge in [0.2, 0.25) is 15.9 Å². The van der Waals surface area contributed by atoms with E-state index in [1.165, 1.54) is 19.7 Å². The van der Waals surface area contributed by atoms with E-state index in [0.717, 1.165) is 29.1 Å². The molecule has 0 unspecified atom stereocenters. The number of carbonyl (C=O) groups excluding carboxylic acids is 1. The smallest absolute Gasteiger partial charge is 0.246 e. The Kier molecular flexibility index (Phi) is 8.43. The van der Waals surface area contributed by atoms with Gasteiger partial charge in [0.25, 0.3) is 0 Å². The van der Waals surface area contributed by atoms with E-state index < -0.39 is 15.9 Å². The molecule has 1 N–H and O–H groups in total. The molecule has 0 bridgehead atoms. The van der Waals surface area contributed by atoms with Gasteiger partial charge in [0, 0.05) is 12.7 Å². The number of sulfonamides is 1. The molecule has 30 heavy (non-hydrogen) atoms. The molecule has 0 aliphatic rings. The lowest BCUT2D eigenvalue weighted by molar-refractivity contribution is -0.116. The fourth-order valence-electron chi connectivity index (χ4n) is 3.05. The molecule has 0 saturated carbocycles. The van der Waals surface area contributed by atoms with E-state index in [4.69, 9.17) is 4.74 Å². The van der Waals surface area contributed by atoms with Crippen molar-refractivity contribution in [3.63, 3.8) is 0 Å². The van der Waals surface area contributed by atoms with Crippen molar-refractivity contribution in [3.05, 3.63) is 53.6 Å². The van der Waals surface area contributed by atoms with Crippen LogP contribution in [0, 0.1) is 0 Å². The van der Waals surface area contributed by atoms with Crippen LogP contribution in [-0.2, 0) is 21.2 Å². The van der Waals surface area contributed by atoms with Gasteiger partial charge < -0.3 is 10.1 Å². The lowest BCUT2D eigenvalue weighted by Crippen LogP contribution is -2.35. The summed E-state index contributed by atoms with van der Waals surface area (Å²) < 4.78 is 32.5. The van der Waals surface area contributed by atoms with Crippen LogP contribution in [0.3, 0.4) is 0 Å². The number of methoxy groups -OCH3 is 1. The van der Waals surface area contributed by atoms with Crippen LogP contribution in [0.25, 0.3) is 0 Å². The van der Waals surface area contributed by atoms with Crippen molar-refractivity contribution in [1.29, 1.82) is 0 Å². The summed E-state index contributed by atoms with van der Waals surface area (Å²) >= 11 is 0. The number of carbonyl (C=O) groups is 1. The fourth-order valence-corrected chi connectivity index (χ4v) is 4.36. The van der Waals surface area contributed by atoms with Gasteiger partial charge in [-0.2, -0.15) is 4.31 Å². The van der Waals surface area contributed by atoms with Crippen LogP contribution >= 0.6 is 0 Å². The van der Waals surface area contributed by atoms with Crippen LogP contribution in [0.1, 0.15) is 50.7 Å². The van der Waals surface area contributed by atoms with Gasteiger partial charge in [0.1, 0.15) is 10.6 Å². The number of likely N-dealkylation sites (N-methyl/N-ethyl adjacent to an activating group) is 1. The minimum atomic E-state index is -3.89.